The van der Waals surface area contributed by atoms with Gasteiger partial charge in [0.1, 0.15) is 17.2 Å². The normalized spacial score (nSPS) is 10.3. The van der Waals surface area contributed by atoms with Crippen molar-refractivity contribution in [2.75, 3.05) is 17.3 Å². The van der Waals surface area contributed by atoms with Crippen molar-refractivity contribution in [2.45, 2.75) is 0 Å². The summed E-state index contributed by atoms with van der Waals surface area (Å²) >= 11 is 5.71. The second kappa shape index (κ2) is 7.97. The first kappa shape index (κ1) is 18.5. The largest absolute Gasteiger partial charge is 0.321 e. The van der Waals surface area contributed by atoms with E-state index in [0.29, 0.717) is 11.4 Å². The summed E-state index contributed by atoms with van der Waals surface area (Å²) in [5.41, 5.74) is 1.22. The van der Waals surface area contributed by atoms with Crippen LogP contribution in [0.4, 0.5) is 15.8 Å². The molecule has 0 saturated heterocycles. The van der Waals surface area contributed by atoms with Crippen molar-refractivity contribution < 1.29 is 14.0 Å². The average molecular weight is 384 g/mol. The van der Waals surface area contributed by atoms with Gasteiger partial charge in [-0.1, -0.05) is 35.9 Å². The van der Waals surface area contributed by atoms with Crippen molar-refractivity contribution >= 4 is 34.8 Å². The molecule has 2 aromatic carbocycles. The molecule has 7 heteroatoms. The van der Waals surface area contributed by atoms with Crippen LogP contribution in [0.2, 0.25) is 5.02 Å². The van der Waals surface area contributed by atoms with Crippen LogP contribution in [0.1, 0.15) is 21.0 Å². The number of halogens is 2. The number of hydrogen-bond acceptors (Lipinski definition) is 3. The molecule has 0 aliphatic heterocycles. The van der Waals surface area contributed by atoms with Crippen molar-refractivity contribution in [3.05, 3.63) is 89.0 Å². The first-order valence-corrected chi connectivity index (χ1v) is 8.40. The van der Waals surface area contributed by atoms with E-state index in [-0.39, 0.29) is 22.3 Å². The fourth-order valence-electron chi connectivity index (χ4n) is 2.39. The number of nitrogens with zero attached hydrogens (tertiary/aromatic N) is 2. The Morgan fingerprint density at radius 3 is 2.41 bits per heavy atom. The highest BCUT2D eigenvalue weighted by Gasteiger charge is 2.17. The number of pyridine rings is 1. The number of carbonyl (C=O) groups is 2. The van der Waals surface area contributed by atoms with Gasteiger partial charge < -0.3 is 10.2 Å². The Balaban J connectivity index is 1.79. The molecule has 0 fully saturated rings. The number of nitrogens with one attached hydrogen (secondary N) is 1. The molecule has 0 unspecified atom stereocenters. The van der Waals surface area contributed by atoms with E-state index >= 15 is 0 Å². The van der Waals surface area contributed by atoms with E-state index in [4.69, 9.17) is 11.6 Å². The highest BCUT2D eigenvalue weighted by atomic mass is 35.5. The van der Waals surface area contributed by atoms with E-state index in [1.54, 1.807) is 25.2 Å². The Kier molecular flexibility index (Phi) is 5.47. The highest BCUT2D eigenvalue weighted by molar-refractivity contribution is 6.31. The lowest BCUT2D eigenvalue weighted by Gasteiger charge is -2.17. The zero-order chi connectivity index (χ0) is 19.4. The number of aromatic nitrogens is 1. The summed E-state index contributed by atoms with van der Waals surface area (Å²) in [5, 5.41) is 2.47. The molecule has 1 heterocycles. The smallest absolute Gasteiger partial charge is 0.276 e. The van der Waals surface area contributed by atoms with Crippen LogP contribution in [0.25, 0.3) is 0 Å². The molecule has 0 atom stereocenters. The average Bonchev–Trinajstić information content (AvgIpc) is 2.70. The minimum atomic E-state index is -0.579. The molecule has 0 bridgehead atoms. The van der Waals surface area contributed by atoms with Gasteiger partial charge in [0.25, 0.3) is 11.8 Å². The van der Waals surface area contributed by atoms with Crippen LogP contribution in [-0.4, -0.2) is 23.8 Å². The van der Waals surface area contributed by atoms with Crippen LogP contribution in [0.3, 0.4) is 0 Å². The predicted molar refractivity (Wildman–Crippen MR) is 103 cm³/mol. The quantitative estimate of drug-likeness (QED) is 0.726. The molecule has 27 heavy (non-hydrogen) atoms. The summed E-state index contributed by atoms with van der Waals surface area (Å²) in [6.45, 7) is 0. The first-order valence-electron chi connectivity index (χ1n) is 8.02. The molecular weight excluding hydrogens is 369 g/mol. The lowest BCUT2D eigenvalue weighted by atomic mass is 10.2. The van der Waals surface area contributed by atoms with Gasteiger partial charge in [-0.2, -0.15) is 0 Å². The van der Waals surface area contributed by atoms with E-state index in [1.807, 2.05) is 18.2 Å². The van der Waals surface area contributed by atoms with Gasteiger partial charge >= 0.3 is 0 Å². The van der Waals surface area contributed by atoms with Gasteiger partial charge in [0.05, 0.1) is 5.02 Å². The fraction of sp³-hybridized carbons (Fsp3) is 0.0500. The van der Waals surface area contributed by atoms with E-state index in [0.717, 1.165) is 6.07 Å². The molecule has 1 aromatic heterocycles. The first-order chi connectivity index (χ1) is 13.0. The van der Waals surface area contributed by atoms with Crippen LogP contribution in [0.15, 0.2) is 66.7 Å². The third-order valence-corrected chi connectivity index (χ3v) is 4.12. The molecule has 5 nitrogen and oxygen atoms in total. The standard InChI is InChI=1S/C20H15ClFN3O2/c1-25(14-6-3-2-4-7-14)20(27)18-9-5-8-17(24-18)19(26)23-13-10-11-16(22)15(21)12-13/h2-12H,1H3,(H,23,26). The molecule has 0 aliphatic rings. The SMILES string of the molecule is CN(C(=O)c1cccc(C(=O)Nc2ccc(F)c(Cl)c2)n1)c1ccccc1. The van der Waals surface area contributed by atoms with Crippen LogP contribution in [-0.2, 0) is 0 Å². The van der Waals surface area contributed by atoms with Crippen molar-refractivity contribution in [2.24, 2.45) is 0 Å². The number of amides is 2. The van der Waals surface area contributed by atoms with Crippen molar-refractivity contribution in [1.29, 1.82) is 0 Å². The molecular formula is C20H15ClFN3O2. The molecule has 3 aromatic rings. The molecule has 0 saturated carbocycles. The minimum absolute atomic E-state index is 0.0581. The Hall–Kier alpha value is -3.25. The molecule has 136 valence electrons. The second-order valence-electron chi connectivity index (χ2n) is 5.69. The topological polar surface area (TPSA) is 62.3 Å². The Bertz CT molecular complexity index is 996. The summed E-state index contributed by atoms with van der Waals surface area (Å²) in [6.07, 6.45) is 0. The number of benzene rings is 2. The van der Waals surface area contributed by atoms with Crippen molar-refractivity contribution in [3.63, 3.8) is 0 Å². The van der Waals surface area contributed by atoms with E-state index in [2.05, 4.69) is 10.3 Å². The van der Waals surface area contributed by atoms with Crippen LogP contribution in [0.5, 0.6) is 0 Å². The third kappa shape index (κ3) is 4.30. The van der Waals surface area contributed by atoms with E-state index in [9.17, 15) is 14.0 Å². The molecule has 0 radical (unpaired) electrons. The van der Waals surface area contributed by atoms with Crippen LogP contribution in [0, 0.1) is 5.82 Å². The lowest BCUT2D eigenvalue weighted by Crippen LogP contribution is -2.27. The van der Waals surface area contributed by atoms with Gasteiger partial charge in [-0.15, -0.1) is 0 Å². The monoisotopic (exact) mass is 383 g/mol. The summed E-state index contributed by atoms with van der Waals surface area (Å²) in [4.78, 5) is 30.6. The number of hydrogen-bond donors (Lipinski definition) is 1. The van der Waals surface area contributed by atoms with Gasteiger partial charge in [0.15, 0.2) is 0 Å². The summed E-state index contributed by atoms with van der Waals surface area (Å²) in [5.74, 6) is -1.46. The van der Waals surface area contributed by atoms with Gasteiger partial charge in [0, 0.05) is 18.4 Å². The zero-order valence-corrected chi connectivity index (χ0v) is 15.1. The molecule has 3 rings (SSSR count). The van der Waals surface area contributed by atoms with Gasteiger partial charge in [-0.3, -0.25) is 9.59 Å². The van der Waals surface area contributed by atoms with Crippen molar-refractivity contribution in [1.82, 2.24) is 4.98 Å². The number of carbonyl (C=O) groups excluding carboxylic acids is 2. The van der Waals surface area contributed by atoms with Crippen molar-refractivity contribution in [3.8, 4) is 0 Å². The lowest BCUT2D eigenvalue weighted by molar-refractivity contribution is 0.0988. The summed E-state index contributed by atoms with van der Waals surface area (Å²) in [7, 11) is 1.63. The van der Waals surface area contributed by atoms with Crippen LogP contribution < -0.4 is 10.2 Å². The van der Waals surface area contributed by atoms with Gasteiger partial charge in [-0.25, -0.2) is 9.37 Å². The number of rotatable bonds is 4. The second-order valence-corrected chi connectivity index (χ2v) is 6.10. The molecule has 2 amide bonds. The summed E-state index contributed by atoms with van der Waals surface area (Å²) < 4.78 is 13.2. The fourth-order valence-corrected chi connectivity index (χ4v) is 2.57. The minimum Gasteiger partial charge on any atom is -0.321 e. The Morgan fingerprint density at radius 2 is 1.70 bits per heavy atom. The molecule has 1 N–H and O–H groups in total. The maximum Gasteiger partial charge on any atom is 0.276 e. The predicted octanol–water partition coefficient (Wildman–Crippen LogP) is 4.40. The molecule has 0 spiro atoms. The Morgan fingerprint density at radius 1 is 1.00 bits per heavy atom. The van der Waals surface area contributed by atoms with E-state index < -0.39 is 11.7 Å². The third-order valence-electron chi connectivity index (χ3n) is 3.83. The number of anilines is 2. The summed E-state index contributed by atoms with van der Waals surface area (Å²) in [6, 6.07) is 17.5. The van der Waals surface area contributed by atoms with Gasteiger partial charge in [0.2, 0.25) is 0 Å². The van der Waals surface area contributed by atoms with Crippen LogP contribution >= 0.6 is 11.6 Å². The maximum absolute atomic E-state index is 13.2. The van der Waals surface area contributed by atoms with Gasteiger partial charge in [-0.05, 0) is 42.5 Å². The Labute approximate surface area is 160 Å². The maximum atomic E-state index is 13.2. The molecule has 0 aliphatic carbocycles. The van der Waals surface area contributed by atoms with E-state index in [1.165, 1.54) is 29.2 Å². The zero-order valence-electron chi connectivity index (χ0n) is 14.3. The highest BCUT2D eigenvalue weighted by Crippen LogP contribution is 2.20. The number of para-hydroxylation sites is 1.